The van der Waals surface area contributed by atoms with E-state index in [0.717, 1.165) is 22.4 Å². The van der Waals surface area contributed by atoms with Crippen molar-refractivity contribution in [3.05, 3.63) is 40.1 Å². The highest BCUT2D eigenvalue weighted by molar-refractivity contribution is 9.10. The molecule has 0 amide bonds. The molecule has 0 saturated heterocycles. The minimum Gasteiger partial charge on any atom is -0.306 e. The number of halogens is 1. The Bertz CT molecular complexity index is 569. The second-order valence-corrected chi connectivity index (χ2v) is 6.60. The van der Waals surface area contributed by atoms with Gasteiger partial charge in [-0.15, -0.1) is 5.10 Å². The third-order valence-electron chi connectivity index (χ3n) is 2.76. The highest BCUT2D eigenvalue weighted by Crippen LogP contribution is 2.19. The summed E-state index contributed by atoms with van der Waals surface area (Å²) in [6, 6.07) is 6.14. The topological polar surface area (TPSA) is 42.7 Å². The molecule has 0 bridgehead atoms. The van der Waals surface area contributed by atoms with Gasteiger partial charge < -0.3 is 5.32 Å². The molecule has 19 heavy (non-hydrogen) atoms. The normalized spacial score (nSPS) is 11.8. The van der Waals surface area contributed by atoms with Crippen molar-refractivity contribution >= 4 is 15.9 Å². The highest BCUT2D eigenvalue weighted by atomic mass is 79.9. The van der Waals surface area contributed by atoms with Crippen molar-refractivity contribution in [1.29, 1.82) is 0 Å². The molecule has 5 heteroatoms. The van der Waals surface area contributed by atoms with Crippen molar-refractivity contribution in [2.45, 2.75) is 39.8 Å². The summed E-state index contributed by atoms with van der Waals surface area (Å²) in [6.45, 7) is 9.19. The third-order valence-corrected chi connectivity index (χ3v) is 3.25. The molecule has 0 fully saturated rings. The maximum atomic E-state index is 4.20. The molecule has 1 aromatic heterocycles. The molecule has 102 valence electrons. The quantitative estimate of drug-likeness (QED) is 0.943. The maximum absolute atomic E-state index is 4.20. The van der Waals surface area contributed by atoms with E-state index in [-0.39, 0.29) is 5.54 Å². The summed E-state index contributed by atoms with van der Waals surface area (Å²) in [4.78, 5) is 0. The molecule has 0 saturated carbocycles. The SMILES string of the molecule is Cc1ccc(Br)cc1-n1cc(CNC(C)(C)C)nn1. The number of aryl methyl sites for hydroxylation is 1. The van der Waals surface area contributed by atoms with Crippen molar-refractivity contribution in [1.82, 2.24) is 20.3 Å². The molecule has 0 spiro atoms. The first kappa shape index (κ1) is 14.2. The molecule has 1 heterocycles. The molecule has 2 rings (SSSR count). The Balaban J connectivity index is 2.19. The van der Waals surface area contributed by atoms with Crippen molar-refractivity contribution in [3.63, 3.8) is 0 Å². The summed E-state index contributed by atoms with van der Waals surface area (Å²) < 4.78 is 2.86. The van der Waals surface area contributed by atoms with E-state index < -0.39 is 0 Å². The second-order valence-electron chi connectivity index (χ2n) is 5.69. The van der Waals surface area contributed by atoms with Gasteiger partial charge in [-0.05, 0) is 45.4 Å². The van der Waals surface area contributed by atoms with E-state index in [1.807, 2.05) is 23.0 Å². The number of aromatic nitrogens is 3. The fourth-order valence-electron chi connectivity index (χ4n) is 1.68. The number of rotatable bonds is 3. The molecule has 0 atom stereocenters. The Morgan fingerprint density at radius 1 is 1.32 bits per heavy atom. The van der Waals surface area contributed by atoms with Gasteiger partial charge in [-0.3, -0.25) is 0 Å². The van der Waals surface area contributed by atoms with E-state index in [1.165, 1.54) is 5.56 Å². The monoisotopic (exact) mass is 322 g/mol. The van der Waals surface area contributed by atoms with E-state index in [1.54, 1.807) is 0 Å². The molecule has 0 unspecified atom stereocenters. The summed E-state index contributed by atoms with van der Waals surface area (Å²) in [5.41, 5.74) is 3.23. The zero-order chi connectivity index (χ0) is 14.0. The molecular weight excluding hydrogens is 304 g/mol. The van der Waals surface area contributed by atoms with Crippen LogP contribution in [0, 0.1) is 6.92 Å². The summed E-state index contributed by atoms with van der Waals surface area (Å²) in [6.07, 6.45) is 1.97. The number of nitrogens with one attached hydrogen (secondary N) is 1. The van der Waals surface area contributed by atoms with Crippen molar-refractivity contribution in [2.75, 3.05) is 0 Å². The van der Waals surface area contributed by atoms with Gasteiger partial charge in [0.1, 0.15) is 0 Å². The molecule has 4 nitrogen and oxygen atoms in total. The Kier molecular flexibility index (Phi) is 4.06. The predicted molar refractivity (Wildman–Crippen MR) is 80.4 cm³/mol. The minimum absolute atomic E-state index is 0.0788. The van der Waals surface area contributed by atoms with Crippen LogP contribution in [0.3, 0.4) is 0 Å². The van der Waals surface area contributed by atoms with Gasteiger partial charge in [0.05, 0.1) is 17.6 Å². The molecule has 0 aliphatic carbocycles. The first-order valence-corrected chi connectivity index (χ1v) is 7.07. The molecular formula is C14H19BrN4. The van der Waals surface area contributed by atoms with Crippen molar-refractivity contribution < 1.29 is 0 Å². The Morgan fingerprint density at radius 2 is 2.05 bits per heavy atom. The minimum atomic E-state index is 0.0788. The van der Waals surface area contributed by atoms with Crippen LogP contribution in [0.2, 0.25) is 0 Å². The van der Waals surface area contributed by atoms with Crippen LogP contribution in [0.4, 0.5) is 0 Å². The zero-order valence-corrected chi connectivity index (χ0v) is 13.3. The van der Waals surface area contributed by atoms with Crippen molar-refractivity contribution in [2.24, 2.45) is 0 Å². The Morgan fingerprint density at radius 3 is 2.74 bits per heavy atom. The first-order chi connectivity index (χ1) is 8.85. The van der Waals surface area contributed by atoms with Crippen LogP contribution in [0.15, 0.2) is 28.9 Å². The van der Waals surface area contributed by atoms with E-state index in [9.17, 15) is 0 Å². The standard InChI is InChI=1S/C14H19BrN4/c1-10-5-6-11(15)7-13(10)19-9-12(17-18-19)8-16-14(2,3)4/h5-7,9,16H,8H2,1-4H3. The number of hydrogen-bond acceptors (Lipinski definition) is 3. The van der Waals surface area contributed by atoms with Crippen LogP contribution >= 0.6 is 15.9 Å². The lowest BCUT2D eigenvalue weighted by Crippen LogP contribution is -2.35. The van der Waals surface area contributed by atoms with Crippen LogP contribution in [0.25, 0.3) is 5.69 Å². The Hall–Kier alpha value is -1.20. The highest BCUT2D eigenvalue weighted by Gasteiger charge is 2.11. The largest absolute Gasteiger partial charge is 0.306 e. The lowest BCUT2D eigenvalue weighted by Gasteiger charge is -2.19. The van der Waals surface area contributed by atoms with E-state index >= 15 is 0 Å². The molecule has 1 N–H and O–H groups in total. The van der Waals surface area contributed by atoms with Crippen LogP contribution in [0.1, 0.15) is 32.0 Å². The lowest BCUT2D eigenvalue weighted by molar-refractivity contribution is 0.421. The van der Waals surface area contributed by atoms with Gasteiger partial charge in [0.2, 0.25) is 0 Å². The van der Waals surface area contributed by atoms with Gasteiger partial charge in [-0.25, -0.2) is 4.68 Å². The van der Waals surface area contributed by atoms with Gasteiger partial charge in [0.15, 0.2) is 0 Å². The van der Waals surface area contributed by atoms with Gasteiger partial charge in [-0.2, -0.15) is 0 Å². The number of nitrogens with zero attached hydrogens (tertiary/aromatic N) is 3. The lowest BCUT2D eigenvalue weighted by atomic mass is 10.1. The van der Waals surface area contributed by atoms with E-state index in [4.69, 9.17) is 0 Å². The molecule has 0 aliphatic rings. The average Bonchev–Trinajstić information content (AvgIpc) is 2.77. The third kappa shape index (κ3) is 3.88. The number of benzene rings is 1. The van der Waals surface area contributed by atoms with Gasteiger partial charge in [-0.1, -0.05) is 27.2 Å². The molecule has 0 radical (unpaired) electrons. The average molecular weight is 323 g/mol. The summed E-state index contributed by atoms with van der Waals surface area (Å²) in [5, 5.41) is 11.8. The van der Waals surface area contributed by atoms with Crippen LogP contribution < -0.4 is 5.32 Å². The van der Waals surface area contributed by atoms with Crippen LogP contribution in [-0.4, -0.2) is 20.5 Å². The smallest absolute Gasteiger partial charge is 0.0969 e. The summed E-state index contributed by atoms with van der Waals surface area (Å²) in [5.74, 6) is 0. The van der Waals surface area contributed by atoms with E-state index in [2.05, 4.69) is 65.3 Å². The molecule has 0 aliphatic heterocycles. The second kappa shape index (κ2) is 5.43. The summed E-state index contributed by atoms with van der Waals surface area (Å²) >= 11 is 3.48. The molecule has 2 aromatic rings. The van der Waals surface area contributed by atoms with Gasteiger partial charge >= 0.3 is 0 Å². The van der Waals surface area contributed by atoms with Crippen LogP contribution in [0.5, 0.6) is 0 Å². The number of hydrogen-bond donors (Lipinski definition) is 1. The fraction of sp³-hybridized carbons (Fsp3) is 0.429. The predicted octanol–water partition coefficient (Wildman–Crippen LogP) is 3.23. The Labute approximate surface area is 122 Å². The van der Waals surface area contributed by atoms with Gasteiger partial charge in [0, 0.05) is 16.6 Å². The first-order valence-electron chi connectivity index (χ1n) is 6.28. The van der Waals surface area contributed by atoms with Gasteiger partial charge in [0.25, 0.3) is 0 Å². The van der Waals surface area contributed by atoms with Crippen molar-refractivity contribution in [3.8, 4) is 5.69 Å². The zero-order valence-electron chi connectivity index (χ0n) is 11.7. The van der Waals surface area contributed by atoms with Crippen LogP contribution in [-0.2, 0) is 6.54 Å². The van der Waals surface area contributed by atoms with E-state index in [0.29, 0.717) is 0 Å². The maximum Gasteiger partial charge on any atom is 0.0969 e. The molecule has 1 aromatic carbocycles. The fourth-order valence-corrected chi connectivity index (χ4v) is 2.03. The summed E-state index contributed by atoms with van der Waals surface area (Å²) in [7, 11) is 0.